The normalized spacial score (nSPS) is 12.3. The van der Waals surface area contributed by atoms with Crippen molar-refractivity contribution in [3.05, 3.63) is 144 Å². The summed E-state index contributed by atoms with van der Waals surface area (Å²) in [6.45, 7) is 9.06. The molecule has 0 heterocycles. The SMILES string of the molecule is CC(C)C(OC(c1ccccc1)(c1ccccc1)C(C)C)(c1ccccc1)c1ccccc1. The lowest BCUT2D eigenvalue weighted by atomic mass is 9.72. The summed E-state index contributed by atoms with van der Waals surface area (Å²) < 4.78 is 7.69. The molecule has 0 spiro atoms. The van der Waals surface area contributed by atoms with Crippen LogP contribution in [0.25, 0.3) is 0 Å². The zero-order valence-electron chi connectivity index (χ0n) is 20.1. The Bertz CT molecular complexity index is 944. The van der Waals surface area contributed by atoms with Gasteiger partial charge in [0.25, 0.3) is 0 Å². The van der Waals surface area contributed by atoms with Gasteiger partial charge in [0.2, 0.25) is 0 Å². The molecule has 0 aliphatic carbocycles. The number of rotatable bonds is 8. The first kappa shape index (κ1) is 23.0. The molecule has 0 saturated heterocycles. The Morgan fingerprint density at radius 1 is 0.394 bits per heavy atom. The van der Waals surface area contributed by atoms with E-state index in [1.165, 1.54) is 22.3 Å². The average molecular weight is 435 g/mol. The molecule has 33 heavy (non-hydrogen) atoms. The molecule has 0 atom stereocenters. The maximum Gasteiger partial charge on any atom is 0.122 e. The van der Waals surface area contributed by atoms with Gasteiger partial charge in [0, 0.05) is 0 Å². The summed E-state index contributed by atoms with van der Waals surface area (Å²) in [4.78, 5) is 0. The molecule has 1 nitrogen and oxygen atoms in total. The number of hydrogen-bond donors (Lipinski definition) is 0. The van der Waals surface area contributed by atoms with Crippen molar-refractivity contribution < 1.29 is 4.74 Å². The van der Waals surface area contributed by atoms with Crippen molar-refractivity contribution in [2.45, 2.75) is 38.9 Å². The molecule has 0 amide bonds. The zero-order valence-corrected chi connectivity index (χ0v) is 20.1. The van der Waals surface area contributed by atoms with E-state index in [-0.39, 0.29) is 11.8 Å². The molecule has 168 valence electrons. The molecule has 0 aliphatic rings. The van der Waals surface area contributed by atoms with Crippen LogP contribution in [0.1, 0.15) is 49.9 Å². The predicted octanol–water partition coefficient (Wildman–Crippen LogP) is 8.20. The van der Waals surface area contributed by atoms with E-state index < -0.39 is 11.2 Å². The van der Waals surface area contributed by atoms with Gasteiger partial charge in [-0.2, -0.15) is 0 Å². The van der Waals surface area contributed by atoms with E-state index in [4.69, 9.17) is 4.74 Å². The van der Waals surface area contributed by atoms with Crippen molar-refractivity contribution in [3.8, 4) is 0 Å². The third-order valence-corrected chi connectivity index (χ3v) is 6.76. The topological polar surface area (TPSA) is 9.23 Å². The number of ether oxygens (including phenoxy) is 1. The molecule has 1 heteroatoms. The fraction of sp³-hybridized carbons (Fsp3) is 0.250. The smallest absolute Gasteiger partial charge is 0.122 e. The molecule has 0 fully saturated rings. The molecule has 0 saturated carbocycles. The van der Waals surface area contributed by atoms with Crippen LogP contribution in [-0.2, 0) is 15.9 Å². The third kappa shape index (κ3) is 4.14. The minimum atomic E-state index is -0.640. The van der Waals surface area contributed by atoms with Crippen LogP contribution in [0.15, 0.2) is 121 Å². The highest BCUT2D eigenvalue weighted by Gasteiger charge is 2.49. The van der Waals surface area contributed by atoms with E-state index in [2.05, 4.69) is 149 Å². The maximum absolute atomic E-state index is 7.69. The lowest BCUT2D eigenvalue weighted by Gasteiger charge is -2.49. The largest absolute Gasteiger partial charge is 0.349 e. The van der Waals surface area contributed by atoms with Gasteiger partial charge in [-0.05, 0) is 34.1 Å². The Morgan fingerprint density at radius 2 is 0.606 bits per heavy atom. The third-order valence-electron chi connectivity index (χ3n) is 6.76. The summed E-state index contributed by atoms with van der Waals surface area (Å²) in [5.74, 6) is 0.376. The second-order valence-corrected chi connectivity index (χ2v) is 9.35. The Labute approximate surface area is 199 Å². The molecular weight excluding hydrogens is 400 g/mol. The summed E-state index contributed by atoms with van der Waals surface area (Å²) in [5.41, 5.74) is 3.40. The minimum absolute atomic E-state index is 0.188. The second-order valence-electron chi connectivity index (χ2n) is 9.35. The maximum atomic E-state index is 7.69. The first-order chi connectivity index (χ1) is 16.0. The molecule has 4 aromatic rings. The van der Waals surface area contributed by atoms with E-state index in [1.54, 1.807) is 0 Å². The van der Waals surface area contributed by atoms with Gasteiger partial charge in [-0.1, -0.05) is 149 Å². The summed E-state index contributed by atoms with van der Waals surface area (Å²) in [6.07, 6.45) is 0. The van der Waals surface area contributed by atoms with Crippen LogP contribution in [0.4, 0.5) is 0 Å². The first-order valence-corrected chi connectivity index (χ1v) is 11.9. The summed E-state index contributed by atoms with van der Waals surface area (Å²) in [7, 11) is 0. The van der Waals surface area contributed by atoms with Crippen LogP contribution in [0.5, 0.6) is 0 Å². The predicted molar refractivity (Wildman–Crippen MR) is 138 cm³/mol. The van der Waals surface area contributed by atoms with Crippen LogP contribution in [0, 0.1) is 11.8 Å². The Balaban J connectivity index is 2.06. The summed E-state index contributed by atoms with van der Waals surface area (Å²) >= 11 is 0. The van der Waals surface area contributed by atoms with Gasteiger partial charge < -0.3 is 4.74 Å². The Morgan fingerprint density at radius 3 is 0.788 bits per heavy atom. The highest BCUT2D eigenvalue weighted by Crippen LogP contribution is 2.51. The van der Waals surface area contributed by atoms with Gasteiger partial charge in [0.1, 0.15) is 11.2 Å². The lowest BCUT2D eigenvalue weighted by Crippen LogP contribution is -2.48. The zero-order chi connectivity index (χ0) is 23.3. The van der Waals surface area contributed by atoms with Gasteiger partial charge in [-0.15, -0.1) is 0 Å². The molecule has 0 radical (unpaired) electrons. The summed E-state index contributed by atoms with van der Waals surface area (Å²) in [5, 5.41) is 0. The molecule has 0 N–H and O–H groups in total. The number of benzene rings is 4. The molecule has 0 unspecified atom stereocenters. The molecular formula is C32H34O. The van der Waals surface area contributed by atoms with Gasteiger partial charge >= 0.3 is 0 Å². The van der Waals surface area contributed by atoms with Crippen molar-refractivity contribution in [2.24, 2.45) is 11.8 Å². The van der Waals surface area contributed by atoms with Crippen molar-refractivity contribution in [2.75, 3.05) is 0 Å². The highest BCUT2D eigenvalue weighted by molar-refractivity contribution is 5.42. The second kappa shape index (κ2) is 9.77. The quantitative estimate of drug-likeness (QED) is 0.271. The van der Waals surface area contributed by atoms with Crippen LogP contribution >= 0.6 is 0 Å². The molecule has 0 aliphatic heterocycles. The molecule has 0 bridgehead atoms. The molecule has 0 aromatic heterocycles. The van der Waals surface area contributed by atoms with E-state index in [1.807, 2.05) is 0 Å². The van der Waals surface area contributed by atoms with Crippen LogP contribution in [0.2, 0.25) is 0 Å². The average Bonchev–Trinajstić information content (AvgIpc) is 2.87. The standard InChI is InChI=1S/C32H34O/c1-25(2)31(27-17-9-5-10-18-27,28-19-11-6-12-20-28)33-32(26(3)4,29-21-13-7-14-22-29)30-23-15-8-16-24-30/h5-26H,1-4H3. The van der Waals surface area contributed by atoms with Crippen molar-refractivity contribution in [3.63, 3.8) is 0 Å². The van der Waals surface area contributed by atoms with E-state index >= 15 is 0 Å². The van der Waals surface area contributed by atoms with Crippen LogP contribution in [-0.4, -0.2) is 0 Å². The van der Waals surface area contributed by atoms with Crippen LogP contribution in [0.3, 0.4) is 0 Å². The van der Waals surface area contributed by atoms with Gasteiger partial charge in [-0.3, -0.25) is 0 Å². The molecule has 4 aromatic carbocycles. The van der Waals surface area contributed by atoms with E-state index in [0.717, 1.165) is 0 Å². The summed E-state index contributed by atoms with van der Waals surface area (Å²) in [6, 6.07) is 42.8. The lowest BCUT2D eigenvalue weighted by molar-refractivity contribution is -0.168. The van der Waals surface area contributed by atoms with Gasteiger partial charge in [0.05, 0.1) is 0 Å². The fourth-order valence-corrected chi connectivity index (χ4v) is 5.14. The van der Waals surface area contributed by atoms with Crippen molar-refractivity contribution in [1.29, 1.82) is 0 Å². The Kier molecular flexibility index (Phi) is 6.81. The van der Waals surface area contributed by atoms with E-state index in [9.17, 15) is 0 Å². The molecule has 4 rings (SSSR count). The Hall–Kier alpha value is -3.16. The number of hydrogen-bond acceptors (Lipinski definition) is 1. The van der Waals surface area contributed by atoms with Gasteiger partial charge in [0.15, 0.2) is 0 Å². The first-order valence-electron chi connectivity index (χ1n) is 11.9. The van der Waals surface area contributed by atoms with Gasteiger partial charge in [-0.25, -0.2) is 0 Å². The van der Waals surface area contributed by atoms with E-state index in [0.29, 0.717) is 0 Å². The van der Waals surface area contributed by atoms with Crippen LogP contribution < -0.4 is 0 Å². The fourth-order valence-electron chi connectivity index (χ4n) is 5.14. The minimum Gasteiger partial charge on any atom is -0.349 e. The highest BCUT2D eigenvalue weighted by atomic mass is 16.5. The van der Waals surface area contributed by atoms with Crippen molar-refractivity contribution in [1.82, 2.24) is 0 Å². The van der Waals surface area contributed by atoms with Crippen molar-refractivity contribution >= 4 is 0 Å². The monoisotopic (exact) mass is 434 g/mol.